The number of ether oxygens (including phenoxy) is 4. The average molecular weight is 565 g/mol. The summed E-state index contributed by atoms with van der Waals surface area (Å²) in [6.45, 7) is 2.38. The second-order valence-corrected chi connectivity index (χ2v) is 9.15. The Morgan fingerprint density at radius 2 is 1.84 bits per heavy atom. The van der Waals surface area contributed by atoms with E-state index >= 15 is 0 Å². The number of benzene rings is 3. The molecule has 1 N–H and O–H groups in total. The summed E-state index contributed by atoms with van der Waals surface area (Å²) in [5.74, 6) is 0.205. The van der Waals surface area contributed by atoms with Gasteiger partial charge in [0, 0.05) is 10.5 Å². The first kappa shape index (κ1) is 24.4. The molecule has 188 valence electrons. The highest BCUT2D eigenvalue weighted by Crippen LogP contribution is 2.38. The zero-order valence-corrected chi connectivity index (χ0v) is 21.5. The molecule has 0 unspecified atom stereocenters. The highest BCUT2D eigenvalue weighted by molar-refractivity contribution is 9.10. The fourth-order valence-corrected chi connectivity index (χ4v) is 4.41. The van der Waals surface area contributed by atoms with Gasteiger partial charge in [0.05, 0.1) is 12.8 Å². The Morgan fingerprint density at radius 3 is 2.62 bits per heavy atom. The number of fused-ring (bicyclic) bond motifs is 1. The highest BCUT2D eigenvalue weighted by atomic mass is 79.9. The van der Waals surface area contributed by atoms with E-state index in [1.165, 1.54) is 25.3 Å². The van der Waals surface area contributed by atoms with Crippen LogP contribution in [-0.2, 0) is 16.2 Å². The number of barbiturate groups is 1. The van der Waals surface area contributed by atoms with Crippen molar-refractivity contribution in [1.29, 1.82) is 0 Å². The van der Waals surface area contributed by atoms with Gasteiger partial charge in [0.15, 0.2) is 23.0 Å². The van der Waals surface area contributed by atoms with Crippen LogP contribution in [-0.4, -0.2) is 31.7 Å². The summed E-state index contributed by atoms with van der Waals surface area (Å²) in [6.07, 6.45) is 1.39. The summed E-state index contributed by atoms with van der Waals surface area (Å²) < 4.78 is 22.7. The van der Waals surface area contributed by atoms with E-state index in [2.05, 4.69) is 21.2 Å². The summed E-state index contributed by atoms with van der Waals surface area (Å²) in [4.78, 5) is 39.4. The maximum Gasteiger partial charge on any atom is 0.335 e. The predicted octanol–water partition coefficient (Wildman–Crippen LogP) is 4.74. The van der Waals surface area contributed by atoms with Crippen LogP contribution in [0.5, 0.6) is 23.0 Å². The number of carbonyl (C=O) groups excluding carboxylic acids is 3. The van der Waals surface area contributed by atoms with Crippen LogP contribution >= 0.6 is 15.9 Å². The van der Waals surface area contributed by atoms with Gasteiger partial charge in [-0.05, 0) is 48.4 Å². The molecule has 0 bridgehead atoms. The summed E-state index contributed by atoms with van der Waals surface area (Å²) in [7, 11) is 1.50. The molecular weight excluding hydrogens is 544 g/mol. The van der Waals surface area contributed by atoms with E-state index < -0.39 is 17.8 Å². The van der Waals surface area contributed by atoms with Crippen molar-refractivity contribution in [3.63, 3.8) is 0 Å². The number of hydrogen-bond acceptors (Lipinski definition) is 7. The van der Waals surface area contributed by atoms with E-state index in [-0.39, 0.29) is 18.1 Å². The lowest BCUT2D eigenvalue weighted by Crippen LogP contribution is -2.54. The summed E-state index contributed by atoms with van der Waals surface area (Å²) in [5, 5.41) is 2.21. The molecule has 37 heavy (non-hydrogen) atoms. The lowest BCUT2D eigenvalue weighted by Gasteiger charge is -2.26. The Balaban J connectivity index is 1.44. The van der Waals surface area contributed by atoms with Crippen LogP contribution in [0.2, 0.25) is 0 Å². The van der Waals surface area contributed by atoms with Crippen molar-refractivity contribution in [1.82, 2.24) is 5.32 Å². The molecular formula is C27H21BrN2O7. The molecule has 0 aromatic heterocycles. The van der Waals surface area contributed by atoms with Crippen LogP contribution in [0.3, 0.4) is 0 Å². The van der Waals surface area contributed by atoms with Crippen LogP contribution in [0, 0.1) is 6.92 Å². The number of nitrogens with one attached hydrogen (secondary N) is 1. The third kappa shape index (κ3) is 4.88. The van der Waals surface area contributed by atoms with Gasteiger partial charge in [-0.2, -0.15) is 0 Å². The van der Waals surface area contributed by atoms with E-state index in [1.807, 2.05) is 31.2 Å². The topological polar surface area (TPSA) is 103 Å². The van der Waals surface area contributed by atoms with Gasteiger partial charge >= 0.3 is 6.03 Å². The third-order valence-corrected chi connectivity index (χ3v) is 6.46. The fraction of sp³-hybridized carbons (Fsp3) is 0.148. The van der Waals surface area contributed by atoms with Gasteiger partial charge in [0.2, 0.25) is 6.79 Å². The van der Waals surface area contributed by atoms with Crippen LogP contribution in [0.4, 0.5) is 10.5 Å². The Bertz CT molecular complexity index is 1470. The first-order valence-corrected chi connectivity index (χ1v) is 12.0. The molecule has 4 amide bonds. The maximum atomic E-state index is 13.3. The number of imide groups is 2. The number of aryl methyl sites for hydroxylation is 1. The standard InChI is InChI=1S/C27H21BrN2O7/c1-15-4-3-5-16(8-15)13-35-24-12-20(28)17(10-22(24)34-2)9-19-25(31)29-27(33)30(26(19)32)18-6-7-21-23(11-18)37-14-36-21/h3-12H,13-14H2,1-2H3,(H,29,31,33)/b19-9+. The lowest BCUT2D eigenvalue weighted by molar-refractivity contribution is -0.122. The van der Waals surface area contributed by atoms with Crippen LogP contribution in [0.25, 0.3) is 6.08 Å². The number of methoxy groups -OCH3 is 1. The van der Waals surface area contributed by atoms with Crippen LogP contribution in [0.1, 0.15) is 16.7 Å². The van der Waals surface area contributed by atoms with Crippen molar-refractivity contribution in [2.75, 3.05) is 18.8 Å². The summed E-state index contributed by atoms with van der Waals surface area (Å²) >= 11 is 3.49. The van der Waals surface area contributed by atoms with Gasteiger partial charge in [0.25, 0.3) is 11.8 Å². The van der Waals surface area contributed by atoms with E-state index in [0.29, 0.717) is 39.6 Å². The summed E-state index contributed by atoms with van der Waals surface area (Å²) in [5.41, 5.74) is 2.62. The number of hydrogen-bond donors (Lipinski definition) is 1. The molecule has 0 radical (unpaired) electrons. The largest absolute Gasteiger partial charge is 0.493 e. The minimum absolute atomic E-state index is 0.0448. The molecule has 3 aromatic rings. The molecule has 0 spiro atoms. The van der Waals surface area contributed by atoms with Crippen molar-refractivity contribution < 1.29 is 33.3 Å². The van der Waals surface area contributed by atoms with Gasteiger partial charge in [-0.3, -0.25) is 14.9 Å². The van der Waals surface area contributed by atoms with Crippen molar-refractivity contribution in [2.24, 2.45) is 0 Å². The Kier molecular flexibility index (Phi) is 6.58. The van der Waals surface area contributed by atoms with Crippen molar-refractivity contribution >= 4 is 45.5 Å². The SMILES string of the molecule is COc1cc(/C=C2\C(=O)NC(=O)N(c3ccc4c(c3)OCO4)C2=O)c(Br)cc1OCc1cccc(C)c1. The maximum absolute atomic E-state index is 13.3. The van der Waals surface area contributed by atoms with Gasteiger partial charge in [-0.1, -0.05) is 45.8 Å². The molecule has 10 heteroatoms. The van der Waals surface area contributed by atoms with Crippen LogP contribution in [0.15, 0.2) is 64.6 Å². The second kappa shape index (κ2) is 9.98. The van der Waals surface area contributed by atoms with Gasteiger partial charge in [-0.25, -0.2) is 9.69 Å². The van der Waals surface area contributed by atoms with Gasteiger partial charge < -0.3 is 18.9 Å². The molecule has 2 heterocycles. The number of urea groups is 1. The van der Waals surface area contributed by atoms with Crippen molar-refractivity contribution in [3.8, 4) is 23.0 Å². The number of rotatable bonds is 6. The van der Waals surface area contributed by atoms with E-state index in [0.717, 1.165) is 16.0 Å². The lowest BCUT2D eigenvalue weighted by atomic mass is 10.1. The molecule has 2 aliphatic rings. The quantitative estimate of drug-likeness (QED) is 0.340. The molecule has 0 atom stereocenters. The van der Waals surface area contributed by atoms with E-state index in [9.17, 15) is 14.4 Å². The zero-order valence-electron chi connectivity index (χ0n) is 19.9. The number of amides is 4. The minimum Gasteiger partial charge on any atom is -0.493 e. The number of halogens is 1. The predicted molar refractivity (Wildman–Crippen MR) is 138 cm³/mol. The monoisotopic (exact) mass is 564 g/mol. The van der Waals surface area contributed by atoms with Gasteiger partial charge in [0.1, 0.15) is 12.2 Å². The van der Waals surface area contributed by atoms with Gasteiger partial charge in [-0.15, -0.1) is 0 Å². The molecule has 5 rings (SSSR count). The second-order valence-electron chi connectivity index (χ2n) is 8.30. The smallest absolute Gasteiger partial charge is 0.335 e. The number of anilines is 1. The first-order valence-electron chi connectivity index (χ1n) is 11.2. The third-order valence-electron chi connectivity index (χ3n) is 5.78. The minimum atomic E-state index is -0.859. The molecule has 3 aromatic carbocycles. The molecule has 9 nitrogen and oxygen atoms in total. The van der Waals surface area contributed by atoms with E-state index in [4.69, 9.17) is 18.9 Å². The molecule has 0 aliphatic carbocycles. The highest BCUT2D eigenvalue weighted by Gasteiger charge is 2.37. The zero-order chi connectivity index (χ0) is 26.1. The van der Waals surface area contributed by atoms with Crippen molar-refractivity contribution in [3.05, 3.63) is 81.3 Å². The molecule has 2 aliphatic heterocycles. The molecule has 0 saturated carbocycles. The number of carbonyl (C=O) groups is 3. The number of nitrogens with zero attached hydrogens (tertiary/aromatic N) is 1. The first-order chi connectivity index (χ1) is 17.8. The van der Waals surface area contributed by atoms with Crippen LogP contribution < -0.4 is 29.2 Å². The normalized spacial score (nSPS) is 15.7. The Hall–Kier alpha value is -4.31. The van der Waals surface area contributed by atoms with E-state index in [1.54, 1.807) is 18.2 Å². The Labute approximate surface area is 220 Å². The fourth-order valence-electron chi connectivity index (χ4n) is 3.97. The average Bonchev–Trinajstić information content (AvgIpc) is 3.34. The molecule has 1 saturated heterocycles. The Morgan fingerprint density at radius 1 is 1.03 bits per heavy atom. The molecule has 1 fully saturated rings. The van der Waals surface area contributed by atoms with Crippen molar-refractivity contribution in [2.45, 2.75) is 13.5 Å². The summed E-state index contributed by atoms with van der Waals surface area (Å²) in [6, 6.07) is 15.1.